The number of aliphatic hydroxyl groups excluding tert-OH is 1. The second-order valence-electron chi connectivity index (χ2n) is 8.33. The topological polar surface area (TPSA) is 79.8 Å². The third-order valence-electron chi connectivity index (χ3n) is 5.91. The van der Waals surface area contributed by atoms with Gasteiger partial charge < -0.3 is 25.2 Å². The summed E-state index contributed by atoms with van der Waals surface area (Å²) in [5.74, 6) is 1.06. The summed E-state index contributed by atoms with van der Waals surface area (Å²) in [6.07, 6.45) is 3.34. The number of hydrogen-bond acceptors (Lipinski definition) is 5. The third-order valence-corrected chi connectivity index (χ3v) is 6.14. The van der Waals surface area contributed by atoms with Crippen LogP contribution in [-0.2, 0) is 9.53 Å². The quantitative estimate of drug-likeness (QED) is 0.463. The third kappa shape index (κ3) is 7.48. The molecular formula is C25H33ClN2O4. The molecule has 0 unspecified atom stereocenters. The SMILES string of the molecule is CO[C@@H](CNC(C)=O)Oc1ccc([C@@H]2CCC[C@@H](NC[C@H](O)c3cccc(Cl)c3)C2)cc1. The summed E-state index contributed by atoms with van der Waals surface area (Å²) >= 11 is 6.04. The van der Waals surface area contributed by atoms with Crippen LogP contribution in [0, 0.1) is 0 Å². The Balaban J connectivity index is 1.50. The van der Waals surface area contributed by atoms with Gasteiger partial charge in [-0.2, -0.15) is 0 Å². The highest BCUT2D eigenvalue weighted by molar-refractivity contribution is 6.30. The first kappa shape index (κ1) is 24.5. The van der Waals surface area contributed by atoms with E-state index in [4.69, 9.17) is 21.1 Å². The van der Waals surface area contributed by atoms with E-state index in [1.54, 1.807) is 7.11 Å². The number of rotatable bonds is 10. The molecule has 0 spiro atoms. The van der Waals surface area contributed by atoms with Crippen molar-refractivity contribution in [3.05, 3.63) is 64.7 Å². The van der Waals surface area contributed by atoms with E-state index in [0.29, 0.717) is 35.8 Å². The van der Waals surface area contributed by atoms with E-state index in [-0.39, 0.29) is 5.91 Å². The minimum absolute atomic E-state index is 0.119. The van der Waals surface area contributed by atoms with E-state index in [1.807, 2.05) is 36.4 Å². The Morgan fingerprint density at radius 3 is 2.66 bits per heavy atom. The molecule has 2 aromatic rings. The van der Waals surface area contributed by atoms with Gasteiger partial charge in [-0.05, 0) is 60.6 Å². The second-order valence-corrected chi connectivity index (χ2v) is 8.77. The zero-order valence-electron chi connectivity index (χ0n) is 18.7. The lowest BCUT2D eigenvalue weighted by Gasteiger charge is -2.31. The van der Waals surface area contributed by atoms with Crippen molar-refractivity contribution in [2.45, 2.75) is 57.0 Å². The highest BCUT2D eigenvalue weighted by atomic mass is 35.5. The second kappa shape index (κ2) is 12.2. The van der Waals surface area contributed by atoms with Crippen LogP contribution in [0.5, 0.6) is 5.75 Å². The van der Waals surface area contributed by atoms with Gasteiger partial charge in [0, 0.05) is 31.6 Å². The van der Waals surface area contributed by atoms with Crippen LogP contribution in [0.2, 0.25) is 5.02 Å². The number of amides is 1. The molecule has 0 bridgehead atoms. The number of carbonyl (C=O) groups is 1. The average molecular weight is 461 g/mol. The molecule has 0 radical (unpaired) electrons. The molecule has 4 atom stereocenters. The molecule has 2 aromatic carbocycles. The van der Waals surface area contributed by atoms with Gasteiger partial charge >= 0.3 is 0 Å². The lowest BCUT2D eigenvalue weighted by Crippen LogP contribution is -2.36. The molecule has 32 heavy (non-hydrogen) atoms. The number of ether oxygens (including phenoxy) is 2. The number of aliphatic hydroxyl groups is 1. The predicted molar refractivity (Wildman–Crippen MR) is 126 cm³/mol. The fraction of sp³-hybridized carbons (Fsp3) is 0.480. The number of nitrogens with one attached hydrogen (secondary N) is 2. The largest absolute Gasteiger partial charge is 0.463 e. The lowest BCUT2D eigenvalue weighted by molar-refractivity contribution is -0.121. The molecule has 3 rings (SSSR count). The normalized spacial score (nSPS) is 20.4. The van der Waals surface area contributed by atoms with E-state index >= 15 is 0 Å². The number of hydrogen-bond donors (Lipinski definition) is 3. The number of methoxy groups -OCH3 is 1. The number of halogens is 1. The fourth-order valence-corrected chi connectivity index (χ4v) is 4.36. The van der Waals surface area contributed by atoms with Crippen LogP contribution in [0.25, 0.3) is 0 Å². The van der Waals surface area contributed by atoms with Crippen LogP contribution in [0.3, 0.4) is 0 Å². The lowest BCUT2D eigenvalue weighted by atomic mass is 9.81. The highest BCUT2D eigenvalue weighted by Crippen LogP contribution is 2.34. The molecule has 0 saturated heterocycles. The molecule has 3 N–H and O–H groups in total. The van der Waals surface area contributed by atoms with Crippen LogP contribution in [0.15, 0.2) is 48.5 Å². The minimum Gasteiger partial charge on any atom is -0.463 e. The van der Waals surface area contributed by atoms with Crippen molar-refractivity contribution in [3.8, 4) is 5.75 Å². The van der Waals surface area contributed by atoms with E-state index < -0.39 is 12.4 Å². The summed E-state index contributed by atoms with van der Waals surface area (Å²) in [5, 5.41) is 17.4. The van der Waals surface area contributed by atoms with Crippen LogP contribution in [-0.4, -0.2) is 43.5 Å². The zero-order chi connectivity index (χ0) is 22.9. The number of carbonyl (C=O) groups excluding carboxylic acids is 1. The smallest absolute Gasteiger partial charge is 0.217 e. The number of benzene rings is 2. The Bertz CT molecular complexity index is 861. The first-order chi connectivity index (χ1) is 15.4. The Hall–Kier alpha value is -2.12. The molecule has 0 aromatic heterocycles. The van der Waals surface area contributed by atoms with Gasteiger partial charge in [0.2, 0.25) is 12.2 Å². The molecule has 0 aliphatic heterocycles. The Morgan fingerprint density at radius 2 is 1.97 bits per heavy atom. The van der Waals surface area contributed by atoms with Crippen molar-refractivity contribution < 1.29 is 19.4 Å². The van der Waals surface area contributed by atoms with Crippen molar-refractivity contribution in [2.24, 2.45) is 0 Å². The molecule has 6 nitrogen and oxygen atoms in total. The molecule has 1 aliphatic carbocycles. The molecule has 7 heteroatoms. The first-order valence-corrected chi connectivity index (χ1v) is 11.5. The van der Waals surface area contributed by atoms with Crippen LogP contribution >= 0.6 is 11.6 Å². The Labute approximate surface area is 195 Å². The molecule has 1 aliphatic rings. The van der Waals surface area contributed by atoms with Crippen LogP contribution < -0.4 is 15.4 Å². The predicted octanol–water partition coefficient (Wildman–Crippen LogP) is 4.18. The summed E-state index contributed by atoms with van der Waals surface area (Å²) in [5.41, 5.74) is 2.12. The molecule has 1 fully saturated rings. The standard InChI is InChI=1S/C25H33ClN2O4/c1-17(29)27-16-25(31-2)32-23-11-9-18(10-12-23)19-5-4-8-22(14-19)28-15-24(30)20-6-3-7-21(26)13-20/h3,6-7,9-13,19,22,24-25,28,30H,4-5,8,14-16H2,1-2H3,(H,27,29)/t19-,22-,24+,25-/m1/s1. The average Bonchev–Trinajstić information content (AvgIpc) is 2.80. The minimum atomic E-state index is -0.572. The van der Waals surface area contributed by atoms with Gasteiger partial charge in [-0.25, -0.2) is 0 Å². The van der Waals surface area contributed by atoms with Gasteiger partial charge in [-0.15, -0.1) is 0 Å². The van der Waals surface area contributed by atoms with E-state index in [1.165, 1.54) is 12.5 Å². The van der Waals surface area contributed by atoms with Gasteiger partial charge in [0.05, 0.1) is 12.6 Å². The monoisotopic (exact) mass is 460 g/mol. The summed E-state index contributed by atoms with van der Waals surface area (Å²) in [7, 11) is 1.55. The maximum Gasteiger partial charge on any atom is 0.217 e. The maximum absolute atomic E-state index is 11.1. The van der Waals surface area contributed by atoms with Crippen molar-refractivity contribution in [3.63, 3.8) is 0 Å². The summed E-state index contributed by atoms with van der Waals surface area (Å²) in [6, 6.07) is 15.9. The fourth-order valence-electron chi connectivity index (χ4n) is 4.16. The van der Waals surface area contributed by atoms with Gasteiger partial charge in [0.1, 0.15) is 5.75 Å². The summed E-state index contributed by atoms with van der Waals surface area (Å²) < 4.78 is 11.1. The Kier molecular flexibility index (Phi) is 9.36. The summed E-state index contributed by atoms with van der Waals surface area (Å²) in [6.45, 7) is 2.27. The molecule has 1 amide bonds. The van der Waals surface area contributed by atoms with Crippen molar-refractivity contribution in [1.82, 2.24) is 10.6 Å². The maximum atomic E-state index is 11.1. The molecule has 1 saturated carbocycles. The van der Waals surface area contributed by atoms with E-state index in [2.05, 4.69) is 22.8 Å². The zero-order valence-corrected chi connectivity index (χ0v) is 19.5. The Morgan fingerprint density at radius 1 is 1.19 bits per heavy atom. The van der Waals surface area contributed by atoms with Crippen LogP contribution in [0.1, 0.15) is 55.8 Å². The highest BCUT2D eigenvalue weighted by Gasteiger charge is 2.24. The van der Waals surface area contributed by atoms with Gasteiger partial charge in [0.25, 0.3) is 0 Å². The summed E-state index contributed by atoms with van der Waals surface area (Å²) in [4.78, 5) is 11.1. The first-order valence-electron chi connectivity index (χ1n) is 11.2. The van der Waals surface area contributed by atoms with Crippen molar-refractivity contribution >= 4 is 17.5 Å². The van der Waals surface area contributed by atoms with Gasteiger partial charge in [-0.3, -0.25) is 4.79 Å². The van der Waals surface area contributed by atoms with Crippen molar-refractivity contribution in [1.29, 1.82) is 0 Å². The van der Waals surface area contributed by atoms with Gasteiger partial charge in [0.15, 0.2) is 0 Å². The molecular weight excluding hydrogens is 428 g/mol. The molecule has 0 heterocycles. The molecule has 174 valence electrons. The van der Waals surface area contributed by atoms with E-state index in [9.17, 15) is 9.90 Å². The van der Waals surface area contributed by atoms with Crippen LogP contribution in [0.4, 0.5) is 0 Å². The van der Waals surface area contributed by atoms with Crippen molar-refractivity contribution in [2.75, 3.05) is 20.2 Å². The van der Waals surface area contributed by atoms with E-state index in [0.717, 1.165) is 31.2 Å². The van der Waals surface area contributed by atoms with Gasteiger partial charge in [-0.1, -0.05) is 42.3 Å².